The van der Waals surface area contributed by atoms with E-state index in [9.17, 15) is 9.18 Å². The predicted octanol–water partition coefficient (Wildman–Crippen LogP) is 5.32. The number of thiocarbonyl (C=S) groups is 1. The molecule has 30 heavy (non-hydrogen) atoms. The molecule has 2 N–H and O–H groups in total. The van der Waals surface area contributed by atoms with Gasteiger partial charge in [-0.3, -0.25) is 10.1 Å². The fourth-order valence-corrected chi connectivity index (χ4v) is 3.20. The molecule has 1 amide bonds. The Kier molecular flexibility index (Phi) is 5.54. The number of aryl methyl sites for hydroxylation is 1. The standard InChI is InChI=1S/C23H18FN3O2S/c1-2-14-7-12-20-19(13-14)26-22(29-20)15-8-10-16(11-9-15)25-23(30)27-21(28)17-5-3-4-6-18(17)24/h3-13H,2H2,1H3,(H2,25,27,28,30). The van der Waals surface area contributed by atoms with E-state index < -0.39 is 11.7 Å². The van der Waals surface area contributed by atoms with Crippen molar-refractivity contribution < 1.29 is 13.6 Å². The Bertz CT molecular complexity index is 1230. The second-order valence-corrected chi connectivity index (χ2v) is 7.05. The monoisotopic (exact) mass is 419 g/mol. The quantitative estimate of drug-likeness (QED) is 0.438. The second-order valence-electron chi connectivity index (χ2n) is 6.64. The van der Waals surface area contributed by atoms with Crippen LogP contribution < -0.4 is 10.6 Å². The van der Waals surface area contributed by atoms with Gasteiger partial charge in [-0.25, -0.2) is 9.37 Å². The lowest BCUT2D eigenvalue weighted by Crippen LogP contribution is -2.34. The van der Waals surface area contributed by atoms with Crippen molar-refractivity contribution in [2.45, 2.75) is 13.3 Å². The normalized spacial score (nSPS) is 10.7. The first-order chi connectivity index (χ1) is 14.5. The summed E-state index contributed by atoms with van der Waals surface area (Å²) in [7, 11) is 0. The van der Waals surface area contributed by atoms with Crippen LogP contribution in [-0.4, -0.2) is 16.0 Å². The highest BCUT2D eigenvalue weighted by atomic mass is 32.1. The molecular formula is C23H18FN3O2S. The fraction of sp³-hybridized carbons (Fsp3) is 0.0870. The average Bonchev–Trinajstić information content (AvgIpc) is 3.17. The van der Waals surface area contributed by atoms with Crippen LogP contribution in [0.4, 0.5) is 10.1 Å². The molecule has 7 heteroatoms. The van der Waals surface area contributed by atoms with Crippen molar-refractivity contribution in [2.24, 2.45) is 0 Å². The van der Waals surface area contributed by atoms with Crippen molar-refractivity contribution in [3.05, 3.63) is 83.7 Å². The Morgan fingerprint density at radius 2 is 1.87 bits per heavy atom. The smallest absolute Gasteiger partial charge is 0.260 e. The van der Waals surface area contributed by atoms with Crippen LogP contribution >= 0.6 is 12.2 Å². The third-order valence-electron chi connectivity index (χ3n) is 4.60. The molecule has 0 saturated heterocycles. The van der Waals surface area contributed by atoms with Gasteiger partial charge in [0.1, 0.15) is 11.3 Å². The van der Waals surface area contributed by atoms with E-state index in [0.29, 0.717) is 11.6 Å². The molecule has 5 nitrogen and oxygen atoms in total. The fourth-order valence-electron chi connectivity index (χ4n) is 2.99. The van der Waals surface area contributed by atoms with Crippen LogP contribution in [0.1, 0.15) is 22.8 Å². The summed E-state index contributed by atoms with van der Waals surface area (Å²) in [6, 6.07) is 19.0. The molecule has 0 fully saturated rings. The number of amides is 1. The molecule has 0 radical (unpaired) electrons. The zero-order valence-electron chi connectivity index (χ0n) is 16.1. The third-order valence-corrected chi connectivity index (χ3v) is 4.80. The van der Waals surface area contributed by atoms with Gasteiger partial charge in [-0.15, -0.1) is 0 Å². The molecule has 0 atom stereocenters. The molecule has 0 aliphatic heterocycles. The van der Waals surface area contributed by atoms with Crippen molar-refractivity contribution in [3.63, 3.8) is 0 Å². The third kappa shape index (κ3) is 4.21. The number of oxazole rings is 1. The SMILES string of the molecule is CCc1ccc2oc(-c3ccc(NC(=S)NC(=O)c4ccccc4F)cc3)nc2c1. The first kappa shape index (κ1) is 19.7. The highest BCUT2D eigenvalue weighted by Crippen LogP contribution is 2.26. The van der Waals surface area contributed by atoms with Gasteiger partial charge < -0.3 is 9.73 Å². The molecule has 1 aromatic heterocycles. The largest absolute Gasteiger partial charge is 0.436 e. The Labute approximate surface area is 177 Å². The van der Waals surface area contributed by atoms with Gasteiger partial charge in [-0.2, -0.15) is 0 Å². The van der Waals surface area contributed by atoms with E-state index >= 15 is 0 Å². The van der Waals surface area contributed by atoms with Crippen LogP contribution in [0.3, 0.4) is 0 Å². The summed E-state index contributed by atoms with van der Waals surface area (Å²) >= 11 is 5.15. The number of carbonyl (C=O) groups is 1. The van der Waals surface area contributed by atoms with E-state index in [2.05, 4.69) is 22.5 Å². The summed E-state index contributed by atoms with van der Waals surface area (Å²) in [5, 5.41) is 5.45. The van der Waals surface area contributed by atoms with Gasteiger partial charge in [0.15, 0.2) is 10.7 Å². The molecule has 150 valence electrons. The van der Waals surface area contributed by atoms with Crippen molar-refractivity contribution >= 4 is 40.0 Å². The number of hydrogen-bond acceptors (Lipinski definition) is 4. The van der Waals surface area contributed by atoms with Crippen LogP contribution in [0.5, 0.6) is 0 Å². The Morgan fingerprint density at radius 3 is 2.60 bits per heavy atom. The summed E-state index contributed by atoms with van der Waals surface area (Å²) in [6.07, 6.45) is 0.936. The van der Waals surface area contributed by atoms with Gasteiger partial charge >= 0.3 is 0 Å². The molecule has 4 rings (SSSR count). The number of hydrogen-bond donors (Lipinski definition) is 2. The van der Waals surface area contributed by atoms with E-state index in [0.717, 1.165) is 23.1 Å². The maximum Gasteiger partial charge on any atom is 0.260 e. The van der Waals surface area contributed by atoms with E-state index in [1.54, 1.807) is 18.2 Å². The number of carbonyl (C=O) groups excluding carboxylic acids is 1. The molecule has 0 saturated carbocycles. The van der Waals surface area contributed by atoms with Crippen LogP contribution in [0.15, 0.2) is 71.1 Å². The maximum atomic E-state index is 13.7. The average molecular weight is 419 g/mol. The number of nitrogens with zero attached hydrogens (tertiary/aromatic N) is 1. The molecule has 1 heterocycles. The number of rotatable bonds is 4. The first-order valence-electron chi connectivity index (χ1n) is 9.40. The Balaban J connectivity index is 1.44. The Hall–Kier alpha value is -3.58. The van der Waals surface area contributed by atoms with Gasteiger partial charge in [0.2, 0.25) is 5.89 Å². The van der Waals surface area contributed by atoms with Crippen molar-refractivity contribution in [1.82, 2.24) is 10.3 Å². The van der Waals surface area contributed by atoms with Crippen LogP contribution in [-0.2, 0) is 6.42 Å². The number of fused-ring (bicyclic) bond motifs is 1. The molecule has 4 aromatic rings. The highest BCUT2D eigenvalue weighted by molar-refractivity contribution is 7.80. The number of benzene rings is 3. The summed E-state index contributed by atoms with van der Waals surface area (Å²) in [6.45, 7) is 2.09. The lowest BCUT2D eigenvalue weighted by Gasteiger charge is -2.10. The molecule has 0 bridgehead atoms. The zero-order chi connectivity index (χ0) is 21.1. The molecule has 3 aromatic carbocycles. The topological polar surface area (TPSA) is 67.2 Å². The van der Waals surface area contributed by atoms with Gasteiger partial charge in [0.25, 0.3) is 5.91 Å². The van der Waals surface area contributed by atoms with Crippen LogP contribution in [0, 0.1) is 5.82 Å². The van der Waals surface area contributed by atoms with Crippen molar-refractivity contribution in [1.29, 1.82) is 0 Å². The Morgan fingerprint density at radius 1 is 1.10 bits per heavy atom. The van der Waals surface area contributed by atoms with Gasteiger partial charge in [-0.1, -0.05) is 25.1 Å². The van der Waals surface area contributed by atoms with Crippen molar-refractivity contribution in [2.75, 3.05) is 5.32 Å². The predicted molar refractivity (Wildman–Crippen MR) is 119 cm³/mol. The highest BCUT2D eigenvalue weighted by Gasteiger charge is 2.13. The summed E-state index contributed by atoms with van der Waals surface area (Å²) in [5.74, 6) is -0.688. The minimum Gasteiger partial charge on any atom is -0.436 e. The number of anilines is 1. The second kappa shape index (κ2) is 8.42. The minimum absolute atomic E-state index is 0.0702. The summed E-state index contributed by atoms with van der Waals surface area (Å²) < 4.78 is 19.5. The molecule has 0 aliphatic carbocycles. The van der Waals surface area contributed by atoms with E-state index in [4.69, 9.17) is 16.6 Å². The lowest BCUT2D eigenvalue weighted by molar-refractivity contribution is 0.0974. The number of nitrogens with one attached hydrogen (secondary N) is 2. The molecule has 0 spiro atoms. The van der Waals surface area contributed by atoms with Gasteiger partial charge in [-0.05, 0) is 72.7 Å². The molecule has 0 unspecified atom stereocenters. The molecular weight excluding hydrogens is 401 g/mol. The van der Waals surface area contributed by atoms with E-state index in [-0.39, 0.29) is 10.7 Å². The minimum atomic E-state index is -0.611. The molecule has 0 aliphatic rings. The van der Waals surface area contributed by atoms with Crippen LogP contribution in [0.25, 0.3) is 22.6 Å². The van der Waals surface area contributed by atoms with Gasteiger partial charge in [0, 0.05) is 11.3 Å². The maximum absolute atomic E-state index is 13.7. The lowest BCUT2D eigenvalue weighted by atomic mass is 10.1. The number of halogens is 1. The summed E-state index contributed by atoms with van der Waals surface area (Å²) in [5.41, 5.74) is 4.18. The van der Waals surface area contributed by atoms with E-state index in [1.807, 2.05) is 30.3 Å². The zero-order valence-corrected chi connectivity index (χ0v) is 16.9. The number of aromatic nitrogens is 1. The summed E-state index contributed by atoms with van der Waals surface area (Å²) in [4.78, 5) is 16.7. The van der Waals surface area contributed by atoms with Crippen molar-refractivity contribution in [3.8, 4) is 11.5 Å². The van der Waals surface area contributed by atoms with Gasteiger partial charge in [0.05, 0.1) is 5.56 Å². The van der Waals surface area contributed by atoms with Crippen LogP contribution in [0.2, 0.25) is 0 Å². The van der Waals surface area contributed by atoms with E-state index in [1.165, 1.54) is 23.8 Å². The first-order valence-corrected chi connectivity index (χ1v) is 9.81.